The van der Waals surface area contributed by atoms with E-state index in [1.54, 1.807) is 12.1 Å². The summed E-state index contributed by atoms with van der Waals surface area (Å²) in [5, 5.41) is 0. The summed E-state index contributed by atoms with van der Waals surface area (Å²) in [6.07, 6.45) is 7.33. The Morgan fingerprint density at radius 1 is 1.04 bits per heavy atom. The normalized spacial score (nSPS) is 26.2. The number of hydrogen-bond acceptors (Lipinski definition) is 3. The summed E-state index contributed by atoms with van der Waals surface area (Å²) in [6.45, 7) is 1.82. The largest absolute Gasteiger partial charge is 0.325 e. The van der Waals surface area contributed by atoms with Gasteiger partial charge < -0.3 is 4.98 Å². The minimum absolute atomic E-state index is 0.0355. The number of rotatable bonds is 4. The van der Waals surface area contributed by atoms with E-state index in [-0.39, 0.29) is 11.0 Å². The van der Waals surface area contributed by atoms with Gasteiger partial charge in [0, 0.05) is 22.9 Å². The summed E-state index contributed by atoms with van der Waals surface area (Å²) in [6, 6.07) is 11.2. The van der Waals surface area contributed by atoms with Gasteiger partial charge in [-0.25, -0.2) is 8.42 Å². The van der Waals surface area contributed by atoms with Crippen molar-refractivity contribution in [1.82, 2.24) is 4.98 Å². The average molecular weight is 372 g/mol. The smallest absolute Gasteiger partial charge is 0.251 e. The van der Waals surface area contributed by atoms with Crippen molar-refractivity contribution in [2.24, 2.45) is 11.8 Å². The van der Waals surface area contributed by atoms with E-state index in [1.165, 1.54) is 31.9 Å². The summed E-state index contributed by atoms with van der Waals surface area (Å²) >= 11 is 0. The third-order valence-electron chi connectivity index (χ3n) is 6.37. The van der Waals surface area contributed by atoms with Crippen LogP contribution >= 0.6 is 0 Å². The quantitative estimate of drug-likeness (QED) is 0.893. The first-order valence-electron chi connectivity index (χ1n) is 9.33. The Bertz CT molecular complexity index is 985. The molecular weight excluding hydrogens is 346 g/mol. The van der Waals surface area contributed by atoms with E-state index in [0.717, 1.165) is 23.2 Å². The number of pyridine rings is 1. The first kappa shape index (κ1) is 17.5. The average Bonchev–Trinajstić information content (AvgIpc) is 3.12. The van der Waals surface area contributed by atoms with Crippen LogP contribution in [0.1, 0.15) is 48.9 Å². The first-order chi connectivity index (χ1) is 12.3. The molecule has 0 aliphatic heterocycles. The fourth-order valence-corrected chi connectivity index (χ4v) is 5.45. The van der Waals surface area contributed by atoms with Crippen LogP contribution in [-0.4, -0.2) is 19.7 Å². The molecule has 138 valence electrons. The Hall–Kier alpha value is -1.88. The zero-order valence-corrected chi connectivity index (χ0v) is 16.1. The minimum Gasteiger partial charge on any atom is -0.325 e. The van der Waals surface area contributed by atoms with Gasteiger partial charge in [-0.3, -0.25) is 4.79 Å². The summed E-state index contributed by atoms with van der Waals surface area (Å²) in [5.74, 6) is 1.21. The molecule has 4 nitrogen and oxygen atoms in total. The number of hydrogen-bond donors (Lipinski definition) is 1. The molecule has 0 radical (unpaired) electrons. The fraction of sp³-hybridized carbons (Fsp3) is 0.476. The molecule has 2 atom stereocenters. The summed E-state index contributed by atoms with van der Waals surface area (Å²) < 4.78 is 23.6. The second-order valence-electron chi connectivity index (χ2n) is 8.01. The highest BCUT2D eigenvalue weighted by Gasteiger charge is 2.60. The van der Waals surface area contributed by atoms with Gasteiger partial charge in [0.15, 0.2) is 9.84 Å². The van der Waals surface area contributed by atoms with E-state index in [4.69, 9.17) is 0 Å². The van der Waals surface area contributed by atoms with Gasteiger partial charge in [-0.05, 0) is 48.9 Å². The van der Waals surface area contributed by atoms with Gasteiger partial charge in [0.25, 0.3) is 5.56 Å². The monoisotopic (exact) mass is 371 g/mol. The molecule has 2 aromatic rings. The van der Waals surface area contributed by atoms with Crippen LogP contribution in [0.2, 0.25) is 0 Å². The van der Waals surface area contributed by atoms with Crippen molar-refractivity contribution >= 4 is 9.84 Å². The van der Waals surface area contributed by atoms with Crippen LogP contribution in [-0.2, 0) is 15.3 Å². The van der Waals surface area contributed by atoms with Gasteiger partial charge in [-0.1, -0.05) is 43.9 Å². The van der Waals surface area contributed by atoms with Crippen molar-refractivity contribution in [3.8, 4) is 0 Å². The highest BCUT2D eigenvalue weighted by atomic mass is 32.2. The Morgan fingerprint density at radius 3 is 2.27 bits per heavy atom. The lowest BCUT2D eigenvalue weighted by Gasteiger charge is -2.22. The molecule has 0 unspecified atom stereocenters. The number of sulfone groups is 1. The fourth-order valence-electron chi connectivity index (χ4n) is 4.82. The first-order valence-corrected chi connectivity index (χ1v) is 11.2. The van der Waals surface area contributed by atoms with Gasteiger partial charge >= 0.3 is 0 Å². The molecule has 2 aliphatic rings. The second-order valence-corrected chi connectivity index (χ2v) is 10.0. The maximum Gasteiger partial charge on any atom is 0.251 e. The SMILES string of the molecule is Cc1ccc([C@]2(c3ccc(S(C)(=O)=O)cc3)C[C@H]2C2CCCC2)[nH]c1=O. The van der Waals surface area contributed by atoms with Crippen LogP contribution < -0.4 is 5.56 Å². The minimum atomic E-state index is -3.21. The molecule has 1 N–H and O–H groups in total. The molecule has 1 aromatic carbocycles. The van der Waals surface area contributed by atoms with Crippen molar-refractivity contribution in [3.63, 3.8) is 0 Å². The molecule has 4 rings (SSSR count). The standard InChI is InChI=1S/C21H25NO3S/c1-14-7-12-19(22-20(14)23)21(13-18(21)15-5-3-4-6-15)16-8-10-17(11-9-16)26(2,24)25/h7-12,15,18H,3-6,13H2,1-2H3,(H,22,23)/t18-,21-/m0/s1. The van der Waals surface area contributed by atoms with E-state index < -0.39 is 9.84 Å². The molecule has 2 fully saturated rings. The molecule has 1 heterocycles. The van der Waals surface area contributed by atoms with Crippen molar-refractivity contribution in [2.45, 2.75) is 49.3 Å². The highest BCUT2D eigenvalue weighted by molar-refractivity contribution is 7.90. The lowest BCUT2D eigenvalue weighted by Crippen LogP contribution is -2.22. The third kappa shape index (κ3) is 2.82. The summed E-state index contributed by atoms with van der Waals surface area (Å²) in [7, 11) is -3.21. The molecule has 0 bridgehead atoms. The Balaban J connectivity index is 1.79. The van der Waals surface area contributed by atoms with Gasteiger partial charge in [-0.15, -0.1) is 0 Å². The molecule has 2 aliphatic carbocycles. The van der Waals surface area contributed by atoms with Gasteiger partial charge in [0.2, 0.25) is 0 Å². The number of benzene rings is 1. The molecule has 0 amide bonds. The Labute approximate surface area is 154 Å². The predicted octanol–water partition coefficient (Wildman–Crippen LogP) is 3.58. The van der Waals surface area contributed by atoms with Crippen LogP contribution in [0.3, 0.4) is 0 Å². The lowest BCUT2D eigenvalue weighted by atomic mass is 9.84. The van der Waals surface area contributed by atoms with Crippen LogP contribution in [0.25, 0.3) is 0 Å². The number of H-pyrrole nitrogens is 1. The van der Waals surface area contributed by atoms with Gasteiger partial charge in [0.1, 0.15) is 0 Å². The van der Waals surface area contributed by atoms with E-state index in [2.05, 4.69) is 4.98 Å². The molecular formula is C21H25NO3S. The summed E-state index contributed by atoms with van der Waals surface area (Å²) in [4.78, 5) is 15.7. The van der Waals surface area contributed by atoms with E-state index in [9.17, 15) is 13.2 Å². The zero-order chi connectivity index (χ0) is 18.5. The molecule has 2 saturated carbocycles. The van der Waals surface area contributed by atoms with Crippen LogP contribution in [0.15, 0.2) is 46.1 Å². The van der Waals surface area contributed by atoms with Crippen molar-refractivity contribution in [1.29, 1.82) is 0 Å². The molecule has 1 aromatic heterocycles. The Kier molecular flexibility index (Phi) is 4.10. The van der Waals surface area contributed by atoms with Gasteiger partial charge in [-0.2, -0.15) is 0 Å². The maximum absolute atomic E-state index is 12.2. The van der Waals surface area contributed by atoms with Crippen molar-refractivity contribution in [2.75, 3.05) is 6.26 Å². The van der Waals surface area contributed by atoms with Crippen molar-refractivity contribution in [3.05, 3.63) is 63.6 Å². The van der Waals surface area contributed by atoms with Crippen LogP contribution in [0.5, 0.6) is 0 Å². The molecule has 0 spiro atoms. The van der Waals surface area contributed by atoms with Crippen LogP contribution in [0, 0.1) is 18.8 Å². The summed E-state index contributed by atoms with van der Waals surface area (Å²) in [5.41, 5.74) is 2.58. The predicted molar refractivity (Wildman–Crippen MR) is 102 cm³/mol. The Morgan fingerprint density at radius 2 is 1.69 bits per heavy atom. The third-order valence-corrected chi connectivity index (χ3v) is 7.50. The number of aromatic amines is 1. The van der Waals surface area contributed by atoms with Gasteiger partial charge in [0.05, 0.1) is 4.90 Å². The molecule has 26 heavy (non-hydrogen) atoms. The lowest BCUT2D eigenvalue weighted by molar-refractivity contribution is 0.441. The number of aromatic nitrogens is 1. The molecule has 5 heteroatoms. The number of aryl methyl sites for hydroxylation is 1. The topological polar surface area (TPSA) is 67.0 Å². The highest BCUT2D eigenvalue weighted by Crippen LogP contribution is 2.63. The zero-order valence-electron chi connectivity index (χ0n) is 15.3. The maximum atomic E-state index is 12.2. The molecule has 0 saturated heterocycles. The van der Waals surface area contributed by atoms with E-state index >= 15 is 0 Å². The van der Waals surface area contributed by atoms with Crippen LogP contribution in [0.4, 0.5) is 0 Å². The van der Waals surface area contributed by atoms with E-state index in [1.807, 2.05) is 31.2 Å². The number of nitrogens with one attached hydrogen (secondary N) is 1. The van der Waals surface area contributed by atoms with Crippen molar-refractivity contribution < 1.29 is 8.42 Å². The second kappa shape index (κ2) is 6.08. The van der Waals surface area contributed by atoms with E-state index in [0.29, 0.717) is 16.7 Å².